The first-order valence-electron chi connectivity index (χ1n) is 25.9. The van der Waals surface area contributed by atoms with Crippen LogP contribution in [0.25, 0.3) is 0 Å². The second-order valence-corrected chi connectivity index (χ2v) is 17.6. The largest absolute Gasteiger partial charge is 0.458 e. The number of esters is 1. The molecule has 350 valence electrons. The molecule has 0 spiro atoms. The lowest BCUT2D eigenvalue weighted by atomic mass is 10.0. The second-order valence-electron chi connectivity index (χ2n) is 17.6. The number of aliphatic hydroxyl groups is 2. The minimum atomic E-state index is -0.812. The summed E-state index contributed by atoms with van der Waals surface area (Å²) in [5, 5.41) is 23.7. The molecule has 0 aromatic rings. The summed E-state index contributed by atoms with van der Waals surface area (Å²) < 4.78 is 5.82. The molecule has 0 aliphatic heterocycles. The van der Waals surface area contributed by atoms with Crippen LogP contribution in [0.15, 0.2) is 48.6 Å². The van der Waals surface area contributed by atoms with Crippen molar-refractivity contribution in [2.45, 2.75) is 277 Å². The van der Waals surface area contributed by atoms with Crippen molar-refractivity contribution in [3.05, 3.63) is 48.6 Å². The number of unbranched alkanes of at least 4 members (excludes halogenated alkanes) is 29. The van der Waals surface area contributed by atoms with Gasteiger partial charge < -0.3 is 20.3 Å². The van der Waals surface area contributed by atoms with E-state index in [4.69, 9.17) is 4.74 Å². The maximum atomic E-state index is 13.1. The van der Waals surface area contributed by atoms with Gasteiger partial charge >= 0.3 is 5.97 Å². The molecular formula is C54H99NO5. The van der Waals surface area contributed by atoms with Crippen molar-refractivity contribution in [1.82, 2.24) is 5.32 Å². The first-order valence-corrected chi connectivity index (χ1v) is 25.9. The Morgan fingerprint density at radius 1 is 0.517 bits per heavy atom. The lowest BCUT2D eigenvalue weighted by Crippen LogP contribution is -2.46. The zero-order valence-electron chi connectivity index (χ0n) is 39.8. The summed E-state index contributed by atoms with van der Waals surface area (Å²) in [5.74, 6) is -0.616. The highest BCUT2D eigenvalue weighted by Gasteiger charge is 2.23. The van der Waals surface area contributed by atoms with Gasteiger partial charge in [-0.25, -0.2) is 0 Å². The van der Waals surface area contributed by atoms with Crippen LogP contribution in [0.5, 0.6) is 0 Å². The predicted molar refractivity (Wildman–Crippen MR) is 259 cm³/mol. The van der Waals surface area contributed by atoms with Crippen LogP contribution in [-0.4, -0.2) is 46.9 Å². The SMILES string of the molecule is CCCCCCCC/C=C\C/C=C/C(CC(=O)NC(CO)C(O)CCCCCCCCCCCCCC)OC(=O)CCCCCCC/C=C/C=C/CCCCCCCCC. The van der Waals surface area contributed by atoms with E-state index in [2.05, 4.69) is 62.5 Å². The van der Waals surface area contributed by atoms with Gasteiger partial charge in [-0.05, 0) is 63.9 Å². The molecular weight excluding hydrogens is 743 g/mol. The fourth-order valence-electron chi connectivity index (χ4n) is 7.68. The molecule has 1 amide bonds. The standard InChI is InChI=1S/C54H99NO5/c1-4-7-10-13-16-19-22-24-25-26-27-28-29-32-35-38-41-44-47-54(59)60-50(45-42-39-36-33-30-21-18-15-12-9-6-3)48-53(58)55-51(49-56)52(57)46-43-40-37-34-31-23-20-17-14-11-8-5-2/h25-28,33,36,42,45,50-52,56-57H,4-24,29-32,34-35,37-41,43-44,46-49H2,1-3H3,(H,55,58)/b26-25+,28-27+,36-33-,45-42+. The molecule has 0 aliphatic rings. The normalized spacial score (nSPS) is 13.6. The Hall–Kier alpha value is -2.18. The van der Waals surface area contributed by atoms with Gasteiger partial charge in [-0.3, -0.25) is 9.59 Å². The molecule has 0 saturated carbocycles. The van der Waals surface area contributed by atoms with Gasteiger partial charge in [0.15, 0.2) is 0 Å². The van der Waals surface area contributed by atoms with Crippen molar-refractivity contribution < 1.29 is 24.5 Å². The van der Waals surface area contributed by atoms with Gasteiger partial charge in [-0.1, -0.05) is 230 Å². The van der Waals surface area contributed by atoms with E-state index in [1.807, 2.05) is 12.2 Å². The van der Waals surface area contributed by atoms with E-state index in [0.717, 1.165) is 64.2 Å². The second kappa shape index (κ2) is 47.9. The highest BCUT2D eigenvalue weighted by molar-refractivity contribution is 5.78. The van der Waals surface area contributed by atoms with E-state index in [1.165, 1.54) is 148 Å². The van der Waals surface area contributed by atoms with Gasteiger partial charge in [0.25, 0.3) is 0 Å². The number of aliphatic hydroxyl groups excluding tert-OH is 2. The van der Waals surface area contributed by atoms with Crippen molar-refractivity contribution in [2.75, 3.05) is 6.61 Å². The van der Waals surface area contributed by atoms with Crippen LogP contribution in [0.3, 0.4) is 0 Å². The Bertz CT molecular complexity index is 1040. The van der Waals surface area contributed by atoms with Gasteiger partial charge in [0.05, 0.1) is 25.2 Å². The Morgan fingerprint density at radius 2 is 0.933 bits per heavy atom. The molecule has 0 radical (unpaired) electrons. The van der Waals surface area contributed by atoms with Gasteiger partial charge in [-0.2, -0.15) is 0 Å². The molecule has 3 unspecified atom stereocenters. The highest BCUT2D eigenvalue weighted by atomic mass is 16.5. The third-order valence-electron chi connectivity index (χ3n) is 11.7. The molecule has 3 N–H and O–H groups in total. The van der Waals surface area contributed by atoms with Gasteiger partial charge in [-0.15, -0.1) is 0 Å². The van der Waals surface area contributed by atoms with Crippen LogP contribution in [-0.2, 0) is 14.3 Å². The first-order chi connectivity index (χ1) is 29.5. The summed E-state index contributed by atoms with van der Waals surface area (Å²) in [6.07, 6.45) is 57.7. The third kappa shape index (κ3) is 42.5. The van der Waals surface area contributed by atoms with Crippen LogP contribution >= 0.6 is 0 Å². The minimum absolute atomic E-state index is 0.0344. The van der Waals surface area contributed by atoms with Crippen molar-refractivity contribution in [3.63, 3.8) is 0 Å². The number of amides is 1. The number of hydrogen-bond donors (Lipinski definition) is 3. The van der Waals surface area contributed by atoms with E-state index >= 15 is 0 Å². The summed E-state index contributed by atoms with van der Waals surface area (Å²) in [6, 6.07) is -0.734. The van der Waals surface area contributed by atoms with Crippen LogP contribution in [0.4, 0.5) is 0 Å². The fraction of sp³-hybridized carbons (Fsp3) is 0.815. The number of carbonyl (C=O) groups excluding carboxylic acids is 2. The lowest BCUT2D eigenvalue weighted by Gasteiger charge is -2.23. The third-order valence-corrected chi connectivity index (χ3v) is 11.7. The molecule has 0 fully saturated rings. The zero-order valence-corrected chi connectivity index (χ0v) is 39.8. The Morgan fingerprint density at radius 3 is 1.40 bits per heavy atom. The molecule has 3 atom stereocenters. The van der Waals surface area contributed by atoms with E-state index in [9.17, 15) is 19.8 Å². The summed E-state index contributed by atoms with van der Waals surface area (Å²) in [6.45, 7) is 6.43. The van der Waals surface area contributed by atoms with Crippen molar-refractivity contribution in [1.29, 1.82) is 0 Å². The van der Waals surface area contributed by atoms with Crippen molar-refractivity contribution in [3.8, 4) is 0 Å². The summed E-state index contributed by atoms with van der Waals surface area (Å²) in [4.78, 5) is 26.0. The first kappa shape index (κ1) is 57.8. The summed E-state index contributed by atoms with van der Waals surface area (Å²) in [5.41, 5.74) is 0. The Balaban J connectivity index is 4.61. The van der Waals surface area contributed by atoms with Gasteiger partial charge in [0, 0.05) is 6.42 Å². The smallest absolute Gasteiger partial charge is 0.306 e. The fourth-order valence-corrected chi connectivity index (χ4v) is 7.68. The number of rotatable bonds is 46. The van der Waals surface area contributed by atoms with Crippen molar-refractivity contribution in [2.24, 2.45) is 0 Å². The summed E-state index contributed by atoms with van der Waals surface area (Å²) >= 11 is 0. The van der Waals surface area contributed by atoms with Gasteiger partial charge in [0.2, 0.25) is 5.91 Å². The number of hydrogen-bond acceptors (Lipinski definition) is 5. The average Bonchev–Trinajstić information content (AvgIpc) is 3.24. The van der Waals surface area contributed by atoms with Crippen LogP contribution in [0.1, 0.15) is 258 Å². The molecule has 0 aliphatic carbocycles. The van der Waals surface area contributed by atoms with E-state index in [0.29, 0.717) is 19.3 Å². The topological polar surface area (TPSA) is 95.9 Å². The molecule has 0 rings (SSSR count). The molecule has 0 aromatic carbocycles. The number of allylic oxidation sites excluding steroid dienone is 7. The Labute approximate surface area is 372 Å². The van der Waals surface area contributed by atoms with Crippen LogP contribution < -0.4 is 5.32 Å². The molecule has 0 bridgehead atoms. The van der Waals surface area contributed by atoms with E-state index in [1.54, 1.807) is 0 Å². The maximum absolute atomic E-state index is 13.1. The molecule has 0 aromatic heterocycles. The van der Waals surface area contributed by atoms with Gasteiger partial charge in [0.1, 0.15) is 6.10 Å². The molecule has 0 heterocycles. The number of carbonyl (C=O) groups is 2. The number of ether oxygens (including phenoxy) is 1. The van der Waals surface area contributed by atoms with E-state index in [-0.39, 0.29) is 24.9 Å². The number of nitrogens with one attached hydrogen (secondary N) is 1. The van der Waals surface area contributed by atoms with Crippen LogP contribution in [0.2, 0.25) is 0 Å². The molecule has 6 heteroatoms. The highest BCUT2D eigenvalue weighted by Crippen LogP contribution is 2.16. The Kier molecular flexibility index (Phi) is 46.1. The zero-order chi connectivity index (χ0) is 43.8. The van der Waals surface area contributed by atoms with E-state index < -0.39 is 18.2 Å². The predicted octanol–water partition coefficient (Wildman–Crippen LogP) is 15.5. The summed E-state index contributed by atoms with van der Waals surface area (Å²) in [7, 11) is 0. The molecule has 60 heavy (non-hydrogen) atoms. The average molecular weight is 842 g/mol. The monoisotopic (exact) mass is 842 g/mol. The quantitative estimate of drug-likeness (QED) is 0.0246. The molecule has 6 nitrogen and oxygen atoms in total. The lowest BCUT2D eigenvalue weighted by molar-refractivity contribution is -0.148. The minimum Gasteiger partial charge on any atom is -0.458 e. The molecule has 0 saturated heterocycles. The van der Waals surface area contributed by atoms with Crippen LogP contribution in [0, 0.1) is 0 Å². The van der Waals surface area contributed by atoms with Crippen molar-refractivity contribution >= 4 is 11.9 Å². The maximum Gasteiger partial charge on any atom is 0.306 e.